The number of sulfonamides is 1. The Balaban J connectivity index is 2.47. The molecule has 0 heterocycles. The molecule has 0 aliphatic heterocycles. The molecule has 0 fully saturated rings. The van der Waals surface area contributed by atoms with E-state index in [-0.39, 0.29) is 5.75 Å². The maximum atomic E-state index is 11.8. The monoisotopic (exact) mass is 324 g/mol. The summed E-state index contributed by atoms with van der Waals surface area (Å²) in [5.41, 5.74) is 0.614. The van der Waals surface area contributed by atoms with E-state index >= 15 is 0 Å². The van der Waals surface area contributed by atoms with Crippen molar-refractivity contribution < 1.29 is 8.42 Å². The molecule has 0 bridgehead atoms. The van der Waals surface area contributed by atoms with Crippen LogP contribution in [0.1, 0.15) is 18.9 Å². The molecule has 1 aromatic carbocycles. The van der Waals surface area contributed by atoms with Crippen molar-refractivity contribution in [1.82, 2.24) is 10.0 Å². The van der Waals surface area contributed by atoms with E-state index in [2.05, 4.69) is 17.0 Å². The average Bonchev–Trinajstić information content (AvgIpc) is 2.33. The van der Waals surface area contributed by atoms with Crippen molar-refractivity contribution >= 4 is 33.2 Å². The summed E-state index contributed by atoms with van der Waals surface area (Å²) in [6, 6.07) is 4.82. The Hall–Kier alpha value is -0.330. The summed E-state index contributed by atoms with van der Waals surface area (Å²) in [5.74, 6) is -0.0995. The first-order valence-corrected chi connectivity index (χ1v) is 8.47. The van der Waals surface area contributed by atoms with Crippen molar-refractivity contribution in [2.24, 2.45) is 0 Å². The molecule has 7 heteroatoms. The number of halogens is 2. The van der Waals surface area contributed by atoms with Crippen LogP contribution in [0.25, 0.3) is 0 Å². The zero-order valence-corrected chi connectivity index (χ0v) is 13.1. The van der Waals surface area contributed by atoms with Crippen LogP contribution in [0, 0.1) is 0 Å². The summed E-state index contributed by atoms with van der Waals surface area (Å²) >= 11 is 11.6. The Morgan fingerprint density at radius 2 is 1.84 bits per heavy atom. The van der Waals surface area contributed by atoms with E-state index in [1.165, 1.54) is 0 Å². The van der Waals surface area contributed by atoms with Gasteiger partial charge in [0.2, 0.25) is 10.0 Å². The molecule has 1 rings (SSSR count). The molecule has 0 aliphatic rings. The van der Waals surface area contributed by atoms with E-state index in [0.717, 1.165) is 13.0 Å². The van der Waals surface area contributed by atoms with Crippen LogP contribution < -0.4 is 10.0 Å². The highest BCUT2D eigenvalue weighted by Gasteiger charge is 2.11. The lowest BCUT2D eigenvalue weighted by atomic mass is 10.2. The highest BCUT2D eigenvalue weighted by Crippen LogP contribution is 2.23. The molecule has 1 aromatic rings. The quantitative estimate of drug-likeness (QED) is 0.722. The Morgan fingerprint density at radius 3 is 2.47 bits per heavy atom. The first kappa shape index (κ1) is 16.7. The molecule has 0 radical (unpaired) electrons. The second kappa shape index (κ2) is 8.07. The first-order chi connectivity index (χ1) is 8.94. The summed E-state index contributed by atoms with van der Waals surface area (Å²) in [7, 11) is -3.34. The molecule has 2 N–H and O–H groups in total. The molecule has 4 nitrogen and oxygen atoms in total. The predicted octanol–water partition coefficient (Wildman–Crippen LogP) is 2.41. The van der Waals surface area contributed by atoms with E-state index in [9.17, 15) is 8.42 Å². The summed E-state index contributed by atoms with van der Waals surface area (Å²) in [6.45, 7) is 3.94. The maximum absolute atomic E-state index is 11.8. The topological polar surface area (TPSA) is 58.2 Å². The number of hydrogen-bond donors (Lipinski definition) is 2. The third-order valence-corrected chi connectivity index (χ3v) is 4.49. The molecule has 108 valence electrons. The summed E-state index contributed by atoms with van der Waals surface area (Å²) in [4.78, 5) is 0. The van der Waals surface area contributed by atoms with Crippen molar-refractivity contribution in [3.63, 3.8) is 0 Å². The van der Waals surface area contributed by atoms with Gasteiger partial charge in [-0.25, -0.2) is 13.1 Å². The summed E-state index contributed by atoms with van der Waals surface area (Å²) < 4.78 is 26.2. The minimum atomic E-state index is -3.34. The van der Waals surface area contributed by atoms with E-state index < -0.39 is 10.0 Å². The van der Waals surface area contributed by atoms with Crippen LogP contribution in [-0.4, -0.2) is 28.1 Å². The molecule has 0 aliphatic carbocycles. The van der Waals surface area contributed by atoms with Gasteiger partial charge >= 0.3 is 0 Å². The van der Waals surface area contributed by atoms with Crippen LogP contribution in [0.2, 0.25) is 10.0 Å². The smallest absolute Gasteiger partial charge is 0.215 e. The third-order valence-electron chi connectivity index (χ3n) is 2.39. The molecule has 0 aromatic heterocycles. The van der Waals surface area contributed by atoms with Gasteiger partial charge in [-0.1, -0.05) is 36.2 Å². The van der Waals surface area contributed by atoms with E-state index in [4.69, 9.17) is 23.2 Å². The molecule has 0 unspecified atom stereocenters. The van der Waals surface area contributed by atoms with Crippen molar-refractivity contribution in [3.05, 3.63) is 33.8 Å². The van der Waals surface area contributed by atoms with Crippen LogP contribution in [0.4, 0.5) is 0 Å². The second-order valence-electron chi connectivity index (χ2n) is 4.15. The minimum Gasteiger partial charge on any atom is -0.315 e. The largest absolute Gasteiger partial charge is 0.315 e. The maximum Gasteiger partial charge on any atom is 0.215 e. The number of rotatable bonds is 8. The predicted molar refractivity (Wildman–Crippen MR) is 80.2 cm³/mol. The van der Waals surface area contributed by atoms with Crippen molar-refractivity contribution in [3.8, 4) is 0 Å². The fourth-order valence-electron chi connectivity index (χ4n) is 1.50. The van der Waals surface area contributed by atoms with Gasteiger partial charge in [-0.2, -0.15) is 0 Å². The first-order valence-electron chi connectivity index (χ1n) is 6.06. The van der Waals surface area contributed by atoms with Gasteiger partial charge in [-0.05, 0) is 30.7 Å². The normalized spacial score (nSPS) is 11.7. The van der Waals surface area contributed by atoms with Crippen LogP contribution >= 0.6 is 23.2 Å². The fraction of sp³-hybridized carbons (Fsp3) is 0.500. The van der Waals surface area contributed by atoms with Gasteiger partial charge in [0.1, 0.15) is 0 Å². The molecular weight excluding hydrogens is 307 g/mol. The van der Waals surface area contributed by atoms with Gasteiger partial charge < -0.3 is 5.32 Å². The Labute approximate surface area is 124 Å². The average molecular weight is 325 g/mol. The zero-order valence-electron chi connectivity index (χ0n) is 10.7. The number of nitrogens with one attached hydrogen (secondary N) is 2. The Bertz CT molecular complexity index is 506. The van der Waals surface area contributed by atoms with Crippen LogP contribution in [0.5, 0.6) is 0 Å². The summed E-state index contributed by atoms with van der Waals surface area (Å²) in [6.07, 6.45) is 1.02. The highest BCUT2D eigenvalue weighted by molar-refractivity contribution is 7.88. The molecule has 0 spiro atoms. The lowest BCUT2D eigenvalue weighted by molar-refractivity contribution is 0.574. The van der Waals surface area contributed by atoms with Crippen molar-refractivity contribution in [1.29, 1.82) is 0 Å². The van der Waals surface area contributed by atoms with Gasteiger partial charge in [0, 0.05) is 13.1 Å². The van der Waals surface area contributed by atoms with Gasteiger partial charge in [-0.15, -0.1) is 0 Å². The van der Waals surface area contributed by atoms with E-state index in [1.807, 2.05) is 0 Å². The molecule has 0 saturated carbocycles. The van der Waals surface area contributed by atoms with Gasteiger partial charge in [0.15, 0.2) is 0 Å². The number of hydrogen-bond acceptors (Lipinski definition) is 3. The molecule has 19 heavy (non-hydrogen) atoms. The lowest BCUT2D eigenvalue weighted by Crippen LogP contribution is -2.32. The van der Waals surface area contributed by atoms with Crippen molar-refractivity contribution in [2.75, 3.05) is 19.6 Å². The van der Waals surface area contributed by atoms with Gasteiger partial charge in [-0.3, -0.25) is 0 Å². The second-order valence-corrected chi connectivity index (χ2v) is 6.77. The van der Waals surface area contributed by atoms with Crippen molar-refractivity contribution in [2.45, 2.75) is 19.1 Å². The Kier molecular flexibility index (Phi) is 7.10. The van der Waals surface area contributed by atoms with Crippen LogP contribution in [-0.2, 0) is 15.8 Å². The van der Waals surface area contributed by atoms with E-state index in [1.54, 1.807) is 18.2 Å². The molecule has 0 atom stereocenters. The molecular formula is C12H18Cl2N2O2S. The van der Waals surface area contributed by atoms with Gasteiger partial charge in [0.05, 0.1) is 15.8 Å². The SMILES string of the molecule is CCCNCCNS(=O)(=O)Cc1ccc(Cl)c(Cl)c1. The number of benzene rings is 1. The minimum absolute atomic E-state index is 0.0995. The standard InChI is InChI=1S/C12H18Cl2N2O2S/c1-2-5-15-6-7-16-19(17,18)9-10-3-4-11(13)12(14)8-10/h3-4,8,15-16H,2,5-7,9H2,1H3. The van der Waals surface area contributed by atoms with Crippen LogP contribution in [0.3, 0.4) is 0 Å². The molecule has 0 saturated heterocycles. The van der Waals surface area contributed by atoms with Gasteiger partial charge in [0.25, 0.3) is 0 Å². The molecule has 0 amide bonds. The zero-order chi connectivity index (χ0) is 14.3. The fourth-order valence-corrected chi connectivity index (χ4v) is 2.95. The highest BCUT2D eigenvalue weighted by atomic mass is 35.5. The Morgan fingerprint density at radius 1 is 1.11 bits per heavy atom. The van der Waals surface area contributed by atoms with E-state index in [0.29, 0.717) is 28.7 Å². The summed E-state index contributed by atoms with van der Waals surface area (Å²) in [5, 5.41) is 3.90. The third kappa shape index (κ3) is 6.58. The lowest BCUT2D eigenvalue weighted by Gasteiger charge is -2.08. The van der Waals surface area contributed by atoms with Crippen LogP contribution in [0.15, 0.2) is 18.2 Å².